The van der Waals surface area contributed by atoms with Gasteiger partial charge in [-0.2, -0.15) is 0 Å². The second-order valence-electron chi connectivity index (χ2n) is 2.44. The van der Waals surface area contributed by atoms with Gasteiger partial charge in [-0.1, -0.05) is 15.9 Å². The van der Waals surface area contributed by atoms with Crippen molar-refractivity contribution in [2.24, 2.45) is 5.73 Å². The molecule has 0 aliphatic rings. The van der Waals surface area contributed by atoms with Gasteiger partial charge in [0.2, 0.25) is 0 Å². The minimum Gasteiger partial charge on any atom is -0.493 e. The molecular weight excluding hydrogens is 234 g/mol. The summed E-state index contributed by atoms with van der Waals surface area (Å²) in [6.07, 6.45) is 0. The van der Waals surface area contributed by atoms with Crippen molar-refractivity contribution in [1.29, 1.82) is 0 Å². The van der Waals surface area contributed by atoms with E-state index in [1.54, 1.807) is 18.2 Å². The predicted molar refractivity (Wildman–Crippen MR) is 53.8 cm³/mol. The van der Waals surface area contributed by atoms with Gasteiger partial charge in [0.1, 0.15) is 5.75 Å². The number of benzene rings is 1. The maximum absolute atomic E-state index is 10.9. The van der Waals surface area contributed by atoms with Gasteiger partial charge >= 0.3 is 0 Å². The van der Waals surface area contributed by atoms with E-state index in [0.29, 0.717) is 17.9 Å². The number of amides is 1. The third-order valence-electron chi connectivity index (χ3n) is 1.51. The molecule has 70 valence electrons. The van der Waals surface area contributed by atoms with Crippen LogP contribution in [0.25, 0.3) is 0 Å². The van der Waals surface area contributed by atoms with Crippen molar-refractivity contribution in [2.75, 3.05) is 6.61 Å². The Kier molecular flexibility index (Phi) is 3.31. The molecule has 0 bridgehead atoms. The average Bonchev–Trinajstić information content (AvgIpc) is 2.04. The van der Waals surface area contributed by atoms with Gasteiger partial charge in [-0.3, -0.25) is 4.79 Å². The number of carbonyl (C=O) groups excluding carboxylic acids is 1. The number of ether oxygens (including phenoxy) is 1. The highest BCUT2D eigenvalue weighted by atomic mass is 79.9. The summed E-state index contributed by atoms with van der Waals surface area (Å²) in [4.78, 5) is 10.9. The summed E-state index contributed by atoms with van der Waals surface area (Å²) in [6, 6.07) is 5.11. The molecule has 0 saturated carbocycles. The lowest BCUT2D eigenvalue weighted by Crippen LogP contribution is -2.12. The first-order valence-corrected chi connectivity index (χ1v) is 4.66. The van der Waals surface area contributed by atoms with Crippen LogP contribution in [0.3, 0.4) is 0 Å². The number of halogens is 1. The van der Waals surface area contributed by atoms with E-state index in [4.69, 9.17) is 10.5 Å². The standard InChI is InChI=1S/C9H10BrNO2/c1-2-13-8-5-6(10)3-4-7(8)9(11)12/h3-5H,2H2,1H3,(H2,11,12). The number of nitrogens with two attached hydrogens (primary N) is 1. The number of carbonyl (C=O) groups is 1. The largest absolute Gasteiger partial charge is 0.493 e. The Bertz CT molecular complexity index is 325. The lowest BCUT2D eigenvalue weighted by molar-refractivity contribution is 0.0996. The predicted octanol–water partition coefficient (Wildman–Crippen LogP) is 1.95. The highest BCUT2D eigenvalue weighted by Gasteiger charge is 2.08. The quantitative estimate of drug-likeness (QED) is 0.883. The number of rotatable bonds is 3. The van der Waals surface area contributed by atoms with Crippen LogP contribution in [0, 0.1) is 0 Å². The maximum atomic E-state index is 10.9. The van der Waals surface area contributed by atoms with Crippen LogP contribution in [0.1, 0.15) is 17.3 Å². The molecule has 1 rings (SSSR count). The number of primary amides is 1. The lowest BCUT2D eigenvalue weighted by atomic mass is 10.2. The summed E-state index contributed by atoms with van der Waals surface area (Å²) in [5.74, 6) is 0.0420. The molecule has 2 N–H and O–H groups in total. The third kappa shape index (κ3) is 2.45. The lowest BCUT2D eigenvalue weighted by Gasteiger charge is -2.07. The molecule has 1 amide bonds. The molecular formula is C9H10BrNO2. The van der Waals surface area contributed by atoms with Crippen LogP contribution in [-0.2, 0) is 0 Å². The summed E-state index contributed by atoms with van der Waals surface area (Å²) < 4.78 is 6.11. The van der Waals surface area contributed by atoms with Crippen molar-refractivity contribution in [1.82, 2.24) is 0 Å². The molecule has 0 spiro atoms. The van der Waals surface area contributed by atoms with Gasteiger partial charge in [-0.05, 0) is 25.1 Å². The van der Waals surface area contributed by atoms with E-state index in [9.17, 15) is 4.79 Å². The zero-order valence-electron chi connectivity index (χ0n) is 7.21. The highest BCUT2D eigenvalue weighted by molar-refractivity contribution is 9.10. The molecule has 4 heteroatoms. The summed E-state index contributed by atoms with van der Waals surface area (Å²) in [6.45, 7) is 2.36. The SMILES string of the molecule is CCOc1cc(Br)ccc1C(N)=O. The van der Waals surface area contributed by atoms with Crippen LogP contribution in [0.4, 0.5) is 0 Å². The van der Waals surface area contributed by atoms with Crippen molar-refractivity contribution >= 4 is 21.8 Å². The molecule has 0 fully saturated rings. The van der Waals surface area contributed by atoms with E-state index in [0.717, 1.165) is 4.47 Å². The first kappa shape index (κ1) is 10.1. The number of hydrogen-bond donors (Lipinski definition) is 1. The minimum absolute atomic E-state index is 0.407. The van der Waals surface area contributed by atoms with Gasteiger partial charge in [0.25, 0.3) is 5.91 Å². The van der Waals surface area contributed by atoms with Crippen molar-refractivity contribution in [3.8, 4) is 5.75 Å². The molecule has 1 aromatic carbocycles. The fraction of sp³-hybridized carbons (Fsp3) is 0.222. The van der Waals surface area contributed by atoms with E-state index in [2.05, 4.69) is 15.9 Å². The first-order valence-electron chi connectivity index (χ1n) is 3.87. The van der Waals surface area contributed by atoms with Crippen molar-refractivity contribution in [2.45, 2.75) is 6.92 Å². The van der Waals surface area contributed by atoms with Gasteiger partial charge in [0.15, 0.2) is 0 Å². The summed E-state index contributed by atoms with van der Waals surface area (Å²) in [5, 5.41) is 0. The molecule has 13 heavy (non-hydrogen) atoms. The smallest absolute Gasteiger partial charge is 0.252 e. The van der Waals surface area contributed by atoms with Crippen LogP contribution in [0.15, 0.2) is 22.7 Å². The Labute approximate surface area is 85.0 Å². The molecule has 0 aliphatic heterocycles. The second kappa shape index (κ2) is 4.28. The van der Waals surface area contributed by atoms with E-state index < -0.39 is 5.91 Å². The van der Waals surface area contributed by atoms with Gasteiger partial charge < -0.3 is 10.5 Å². The topological polar surface area (TPSA) is 52.3 Å². The first-order chi connectivity index (χ1) is 6.15. The Hall–Kier alpha value is -1.03. The molecule has 0 atom stereocenters. The van der Waals surface area contributed by atoms with Crippen molar-refractivity contribution in [3.05, 3.63) is 28.2 Å². The van der Waals surface area contributed by atoms with Crippen LogP contribution < -0.4 is 10.5 Å². The zero-order valence-corrected chi connectivity index (χ0v) is 8.80. The molecule has 0 unspecified atom stereocenters. The van der Waals surface area contributed by atoms with Crippen LogP contribution >= 0.6 is 15.9 Å². The minimum atomic E-state index is -0.476. The molecule has 0 saturated heterocycles. The Morgan fingerprint density at radius 2 is 2.31 bits per heavy atom. The van der Waals surface area contributed by atoms with Crippen molar-refractivity contribution < 1.29 is 9.53 Å². The Morgan fingerprint density at radius 3 is 2.85 bits per heavy atom. The summed E-state index contributed by atoms with van der Waals surface area (Å²) in [7, 11) is 0. The van der Waals surface area contributed by atoms with E-state index in [1.165, 1.54) is 0 Å². The van der Waals surface area contributed by atoms with E-state index in [1.807, 2.05) is 6.92 Å². The van der Waals surface area contributed by atoms with Gasteiger partial charge in [-0.15, -0.1) is 0 Å². The third-order valence-corrected chi connectivity index (χ3v) is 2.00. The van der Waals surface area contributed by atoms with Gasteiger partial charge in [0.05, 0.1) is 12.2 Å². The average molecular weight is 244 g/mol. The number of hydrogen-bond acceptors (Lipinski definition) is 2. The molecule has 0 aliphatic carbocycles. The summed E-state index contributed by atoms with van der Waals surface area (Å²) >= 11 is 3.28. The molecule has 0 aromatic heterocycles. The molecule has 0 heterocycles. The maximum Gasteiger partial charge on any atom is 0.252 e. The Balaban J connectivity index is 3.10. The Morgan fingerprint density at radius 1 is 1.62 bits per heavy atom. The monoisotopic (exact) mass is 243 g/mol. The van der Waals surface area contributed by atoms with E-state index in [-0.39, 0.29) is 0 Å². The van der Waals surface area contributed by atoms with Crippen molar-refractivity contribution in [3.63, 3.8) is 0 Å². The van der Waals surface area contributed by atoms with Crippen LogP contribution in [-0.4, -0.2) is 12.5 Å². The summed E-state index contributed by atoms with van der Waals surface area (Å²) in [5.41, 5.74) is 5.57. The van der Waals surface area contributed by atoms with Gasteiger partial charge in [-0.25, -0.2) is 0 Å². The fourth-order valence-corrected chi connectivity index (χ4v) is 1.31. The molecule has 0 radical (unpaired) electrons. The van der Waals surface area contributed by atoms with Gasteiger partial charge in [0, 0.05) is 4.47 Å². The van der Waals surface area contributed by atoms with E-state index >= 15 is 0 Å². The van der Waals surface area contributed by atoms with Crippen LogP contribution in [0.5, 0.6) is 5.75 Å². The molecule has 3 nitrogen and oxygen atoms in total. The second-order valence-corrected chi connectivity index (χ2v) is 3.35. The fourth-order valence-electron chi connectivity index (χ4n) is 0.975. The highest BCUT2D eigenvalue weighted by Crippen LogP contribution is 2.23. The normalized spacial score (nSPS) is 9.69. The molecule has 1 aromatic rings. The van der Waals surface area contributed by atoms with Crippen LogP contribution in [0.2, 0.25) is 0 Å². The zero-order chi connectivity index (χ0) is 9.84.